The number of nitrogens with one attached hydrogen (secondary N) is 1. The van der Waals surface area contributed by atoms with Crippen LogP contribution in [0.5, 0.6) is 0 Å². The topological polar surface area (TPSA) is 90.4 Å². The number of amides is 1. The van der Waals surface area contributed by atoms with Gasteiger partial charge in [-0.25, -0.2) is 19.6 Å². The molecule has 0 bridgehead atoms. The monoisotopic (exact) mass is 427 g/mol. The summed E-state index contributed by atoms with van der Waals surface area (Å²) in [5, 5.41) is 2.49. The van der Waals surface area contributed by atoms with Crippen molar-refractivity contribution in [3.05, 3.63) is 59.7 Å². The maximum atomic E-state index is 12.7. The predicted octanol–water partition coefficient (Wildman–Crippen LogP) is 4.09. The number of carbonyl (C=O) groups excluding carboxylic acids is 2. The smallest absolute Gasteiger partial charge is 0.416 e. The van der Waals surface area contributed by atoms with Gasteiger partial charge in [-0.15, -0.1) is 0 Å². The SMILES string of the molecule is CC(C)OC(=O)[C@@H](Cc1ncccn1)OC(=O)N[C@@H](C)c1ccc(C(F)(F)F)cc1.[HH]. The molecule has 0 aliphatic rings. The van der Waals surface area contributed by atoms with E-state index in [1.54, 1.807) is 26.8 Å². The summed E-state index contributed by atoms with van der Waals surface area (Å²) in [5.41, 5.74) is -0.354. The normalized spacial score (nSPS) is 13.4. The lowest BCUT2D eigenvalue weighted by Gasteiger charge is -2.20. The van der Waals surface area contributed by atoms with Crippen molar-refractivity contribution in [2.45, 2.75) is 51.6 Å². The molecule has 0 unspecified atom stereocenters. The number of ether oxygens (including phenoxy) is 2. The van der Waals surface area contributed by atoms with Gasteiger partial charge in [-0.05, 0) is 44.5 Å². The van der Waals surface area contributed by atoms with E-state index >= 15 is 0 Å². The Bertz CT molecular complexity index is 849. The van der Waals surface area contributed by atoms with Gasteiger partial charge in [0.2, 0.25) is 6.10 Å². The van der Waals surface area contributed by atoms with Crippen LogP contribution in [0.15, 0.2) is 42.7 Å². The van der Waals surface area contributed by atoms with Crippen molar-refractivity contribution >= 4 is 12.1 Å². The molecule has 1 aromatic carbocycles. The summed E-state index contributed by atoms with van der Waals surface area (Å²) in [6.45, 7) is 4.88. The Labute approximate surface area is 173 Å². The van der Waals surface area contributed by atoms with E-state index in [0.717, 1.165) is 12.1 Å². The summed E-state index contributed by atoms with van der Waals surface area (Å²) in [4.78, 5) is 32.6. The molecule has 1 amide bonds. The van der Waals surface area contributed by atoms with Crippen molar-refractivity contribution in [3.8, 4) is 0 Å². The molecule has 0 fully saturated rings. The molecule has 2 aromatic rings. The molecule has 0 aliphatic carbocycles. The summed E-state index contributed by atoms with van der Waals surface area (Å²) >= 11 is 0. The van der Waals surface area contributed by atoms with Gasteiger partial charge in [0.05, 0.1) is 24.1 Å². The highest BCUT2D eigenvalue weighted by molar-refractivity contribution is 5.79. The second-order valence-corrected chi connectivity index (χ2v) is 6.73. The Hall–Kier alpha value is -3.17. The summed E-state index contributed by atoms with van der Waals surface area (Å²) in [6.07, 6.45) is -4.19. The second-order valence-electron chi connectivity index (χ2n) is 6.73. The molecule has 0 saturated heterocycles. The van der Waals surface area contributed by atoms with Crippen molar-refractivity contribution in [3.63, 3.8) is 0 Å². The fraction of sp³-hybridized carbons (Fsp3) is 0.400. The summed E-state index contributed by atoms with van der Waals surface area (Å²) < 4.78 is 48.3. The molecule has 0 saturated carbocycles. The maximum Gasteiger partial charge on any atom is 0.416 e. The zero-order valence-electron chi connectivity index (χ0n) is 16.6. The summed E-state index contributed by atoms with van der Waals surface area (Å²) in [6, 6.07) is 5.31. The Morgan fingerprint density at radius 2 is 1.67 bits per heavy atom. The van der Waals surface area contributed by atoms with Gasteiger partial charge in [0.25, 0.3) is 0 Å². The summed E-state index contributed by atoms with van der Waals surface area (Å²) in [7, 11) is 0. The van der Waals surface area contributed by atoms with Crippen LogP contribution in [0.3, 0.4) is 0 Å². The van der Waals surface area contributed by atoms with Gasteiger partial charge >= 0.3 is 18.2 Å². The minimum Gasteiger partial charge on any atom is -0.460 e. The molecule has 2 atom stereocenters. The number of hydrogen-bond donors (Lipinski definition) is 1. The van der Waals surface area contributed by atoms with Crippen LogP contribution < -0.4 is 5.32 Å². The van der Waals surface area contributed by atoms with Crippen LogP contribution in [-0.2, 0) is 26.9 Å². The molecular weight excluding hydrogens is 403 g/mol. The van der Waals surface area contributed by atoms with Crippen LogP contribution in [0, 0.1) is 0 Å². The Morgan fingerprint density at radius 1 is 1.07 bits per heavy atom. The molecule has 2 rings (SSSR count). The largest absolute Gasteiger partial charge is 0.460 e. The first kappa shape index (κ1) is 23.1. The van der Waals surface area contributed by atoms with Gasteiger partial charge in [0, 0.05) is 13.8 Å². The van der Waals surface area contributed by atoms with E-state index in [2.05, 4.69) is 15.3 Å². The number of esters is 1. The van der Waals surface area contributed by atoms with Gasteiger partial charge in [-0.2, -0.15) is 13.2 Å². The molecule has 7 nitrogen and oxygen atoms in total. The standard InChI is InChI=1S/C20H22F3N3O4.H2/c1-12(2)29-18(27)16(11-17-24-9-4-10-25-17)30-19(28)26-13(3)14-5-7-15(8-6-14)20(21,22)23;/h4-10,12-13,16H,11H2,1-3H3,(H,26,28);1H/t13-,16+;/m0./s1. The zero-order valence-corrected chi connectivity index (χ0v) is 16.6. The number of rotatable bonds is 7. The highest BCUT2D eigenvalue weighted by Gasteiger charge is 2.30. The van der Waals surface area contributed by atoms with Gasteiger partial charge in [-0.1, -0.05) is 12.1 Å². The quantitative estimate of drug-likeness (QED) is 0.670. The van der Waals surface area contributed by atoms with Crippen LogP contribution >= 0.6 is 0 Å². The van der Waals surface area contributed by atoms with Crippen LogP contribution in [0.2, 0.25) is 0 Å². The number of aromatic nitrogens is 2. The van der Waals surface area contributed by atoms with Crippen molar-refractivity contribution < 1.29 is 33.7 Å². The predicted molar refractivity (Wildman–Crippen MR) is 102 cm³/mol. The van der Waals surface area contributed by atoms with Crippen LogP contribution in [-0.4, -0.2) is 34.2 Å². The molecule has 0 aliphatic heterocycles. The second kappa shape index (κ2) is 10.0. The van der Waals surface area contributed by atoms with Crippen molar-refractivity contribution in [2.24, 2.45) is 0 Å². The Morgan fingerprint density at radius 3 is 2.20 bits per heavy atom. The van der Waals surface area contributed by atoms with E-state index in [0.29, 0.717) is 5.56 Å². The van der Waals surface area contributed by atoms with E-state index in [1.165, 1.54) is 24.5 Å². The molecule has 30 heavy (non-hydrogen) atoms. The minimum atomic E-state index is -4.45. The molecule has 1 heterocycles. The van der Waals surface area contributed by atoms with Crippen molar-refractivity contribution in [1.82, 2.24) is 15.3 Å². The van der Waals surface area contributed by atoms with Gasteiger partial charge in [0.15, 0.2) is 0 Å². The van der Waals surface area contributed by atoms with E-state index in [-0.39, 0.29) is 13.7 Å². The zero-order chi connectivity index (χ0) is 22.3. The molecule has 0 radical (unpaired) electrons. The third-order valence-corrected chi connectivity index (χ3v) is 3.92. The summed E-state index contributed by atoms with van der Waals surface area (Å²) in [5.74, 6) is -0.471. The third-order valence-electron chi connectivity index (χ3n) is 3.92. The van der Waals surface area contributed by atoms with Gasteiger partial charge in [0.1, 0.15) is 5.82 Å². The fourth-order valence-corrected chi connectivity index (χ4v) is 2.47. The highest BCUT2D eigenvalue weighted by Crippen LogP contribution is 2.29. The minimum absolute atomic E-state index is 0. The van der Waals surface area contributed by atoms with E-state index in [9.17, 15) is 22.8 Å². The Kier molecular flexibility index (Phi) is 7.73. The van der Waals surface area contributed by atoms with E-state index < -0.39 is 42.1 Å². The maximum absolute atomic E-state index is 12.7. The average molecular weight is 427 g/mol. The van der Waals surface area contributed by atoms with Crippen LogP contribution in [0.25, 0.3) is 0 Å². The van der Waals surface area contributed by atoms with Gasteiger partial charge in [-0.3, -0.25) is 0 Å². The number of nitrogens with zero attached hydrogens (tertiary/aromatic N) is 2. The lowest BCUT2D eigenvalue weighted by Crippen LogP contribution is -2.38. The van der Waals surface area contributed by atoms with Crippen LogP contribution in [0.1, 0.15) is 45.2 Å². The first-order chi connectivity index (χ1) is 14.1. The molecule has 10 heteroatoms. The first-order valence-corrected chi connectivity index (χ1v) is 9.17. The Balaban J connectivity index is 0.00000480. The van der Waals surface area contributed by atoms with Crippen molar-refractivity contribution in [1.29, 1.82) is 0 Å². The van der Waals surface area contributed by atoms with Gasteiger partial charge < -0.3 is 14.8 Å². The fourth-order valence-electron chi connectivity index (χ4n) is 2.47. The lowest BCUT2D eigenvalue weighted by atomic mass is 10.1. The molecular formula is C20H24F3N3O4. The van der Waals surface area contributed by atoms with Crippen LogP contribution in [0.4, 0.5) is 18.0 Å². The number of alkyl halides is 3. The average Bonchev–Trinajstić information content (AvgIpc) is 2.67. The van der Waals surface area contributed by atoms with Crippen molar-refractivity contribution in [2.75, 3.05) is 0 Å². The molecule has 1 N–H and O–H groups in total. The highest BCUT2D eigenvalue weighted by atomic mass is 19.4. The van der Waals surface area contributed by atoms with E-state index in [1.807, 2.05) is 0 Å². The number of carbonyl (C=O) groups is 2. The lowest BCUT2D eigenvalue weighted by molar-refractivity contribution is -0.157. The number of benzene rings is 1. The molecule has 0 spiro atoms. The third kappa shape index (κ3) is 7.02. The number of hydrogen-bond acceptors (Lipinski definition) is 6. The number of halogens is 3. The number of alkyl carbamates (subject to hydrolysis) is 1. The van der Waals surface area contributed by atoms with E-state index in [4.69, 9.17) is 9.47 Å². The molecule has 164 valence electrons. The molecule has 1 aromatic heterocycles. The first-order valence-electron chi connectivity index (χ1n) is 9.17.